The molecule has 1 N–H and O–H groups in total. The molecule has 0 radical (unpaired) electrons. The van der Waals surface area contributed by atoms with E-state index < -0.39 is 5.60 Å². The summed E-state index contributed by atoms with van der Waals surface area (Å²) in [7, 11) is 0. The Bertz CT molecular complexity index is 712. The summed E-state index contributed by atoms with van der Waals surface area (Å²) >= 11 is 0. The van der Waals surface area contributed by atoms with Crippen molar-refractivity contribution in [3.05, 3.63) is 35.9 Å². The molecular formula is C21H32N4O3. The lowest BCUT2D eigenvalue weighted by Gasteiger charge is -2.29. The van der Waals surface area contributed by atoms with Gasteiger partial charge in [-0.3, -0.25) is 4.79 Å². The maximum atomic E-state index is 12.4. The molecule has 1 saturated heterocycles. The van der Waals surface area contributed by atoms with E-state index in [1.165, 1.54) is 0 Å². The van der Waals surface area contributed by atoms with Crippen molar-refractivity contribution in [1.29, 1.82) is 0 Å². The molecule has 1 fully saturated rings. The molecule has 0 saturated carbocycles. The Morgan fingerprint density at radius 2 is 2.11 bits per heavy atom. The fourth-order valence-electron chi connectivity index (χ4n) is 3.25. The van der Waals surface area contributed by atoms with Crippen molar-refractivity contribution in [2.45, 2.75) is 71.4 Å². The molecule has 7 nitrogen and oxygen atoms in total. The Morgan fingerprint density at radius 1 is 1.36 bits per heavy atom. The van der Waals surface area contributed by atoms with Crippen molar-refractivity contribution < 1.29 is 14.3 Å². The summed E-state index contributed by atoms with van der Waals surface area (Å²) in [5.41, 5.74) is 0.948. The highest BCUT2D eigenvalue weighted by molar-refractivity contribution is 5.92. The number of carbonyl (C=O) groups is 2. The second-order valence-corrected chi connectivity index (χ2v) is 8.19. The summed E-state index contributed by atoms with van der Waals surface area (Å²) < 4.78 is 5.51. The van der Waals surface area contributed by atoms with Gasteiger partial charge >= 0.3 is 6.09 Å². The molecule has 1 aromatic heterocycles. The predicted octanol–water partition coefficient (Wildman–Crippen LogP) is 3.64. The molecule has 0 aromatic carbocycles. The fourth-order valence-corrected chi connectivity index (χ4v) is 3.25. The normalized spacial score (nSPS) is 16.7. The van der Waals surface area contributed by atoms with Gasteiger partial charge in [0, 0.05) is 19.3 Å². The number of nitrogens with zero attached hydrogens (tertiary/aromatic N) is 3. The molecule has 1 aliphatic heterocycles. The summed E-state index contributed by atoms with van der Waals surface area (Å²) in [5, 5.41) is 2.88. The van der Waals surface area contributed by atoms with Gasteiger partial charge in [0.25, 0.3) is 5.91 Å². The van der Waals surface area contributed by atoms with Crippen molar-refractivity contribution in [3.8, 4) is 0 Å². The standard InChI is InChI=1S/C21H32N4O3/c1-15(18-10-8-14-25(18)20(27)28-21(3,4)5)9-6-7-12-23-19(26)17-11-13-22-16(2)24-17/h11,13,18H,1,6-10,12,14H2,2-5H3,(H,23,26)/t18-/m0/s1. The zero-order chi connectivity index (χ0) is 20.7. The zero-order valence-electron chi connectivity index (χ0n) is 17.5. The van der Waals surface area contributed by atoms with Gasteiger partial charge in [0.1, 0.15) is 17.1 Å². The highest BCUT2D eigenvalue weighted by atomic mass is 16.6. The lowest BCUT2D eigenvalue weighted by Crippen LogP contribution is -2.40. The van der Waals surface area contributed by atoms with E-state index in [-0.39, 0.29) is 18.0 Å². The average Bonchev–Trinajstić information content (AvgIpc) is 3.09. The summed E-state index contributed by atoms with van der Waals surface area (Å²) in [6, 6.07) is 1.66. The molecule has 7 heteroatoms. The number of aromatic nitrogens is 2. The molecule has 28 heavy (non-hydrogen) atoms. The number of hydrogen-bond acceptors (Lipinski definition) is 5. The first-order chi connectivity index (χ1) is 13.2. The number of aryl methyl sites for hydroxylation is 1. The van der Waals surface area contributed by atoms with Gasteiger partial charge in [-0.25, -0.2) is 14.8 Å². The monoisotopic (exact) mass is 388 g/mol. The van der Waals surface area contributed by atoms with Gasteiger partial charge in [0.2, 0.25) is 0 Å². The van der Waals surface area contributed by atoms with Crippen LogP contribution in [-0.2, 0) is 4.74 Å². The van der Waals surface area contributed by atoms with Crippen LogP contribution in [0.2, 0.25) is 0 Å². The number of likely N-dealkylation sites (tertiary alicyclic amines) is 1. The third-order valence-electron chi connectivity index (χ3n) is 4.57. The minimum Gasteiger partial charge on any atom is -0.444 e. The summed E-state index contributed by atoms with van der Waals surface area (Å²) in [6.07, 6.45) is 5.79. The first-order valence-corrected chi connectivity index (χ1v) is 9.92. The highest BCUT2D eigenvalue weighted by Gasteiger charge is 2.33. The Kier molecular flexibility index (Phi) is 7.54. The minimum atomic E-state index is -0.494. The summed E-state index contributed by atoms with van der Waals surface area (Å²) in [5.74, 6) is 0.395. The molecule has 0 bridgehead atoms. The van der Waals surface area contributed by atoms with E-state index in [4.69, 9.17) is 4.74 Å². The summed E-state index contributed by atoms with van der Waals surface area (Å²) in [4.78, 5) is 34.4. The second-order valence-electron chi connectivity index (χ2n) is 8.19. The van der Waals surface area contributed by atoms with Crippen molar-refractivity contribution in [3.63, 3.8) is 0 Å². The number of amides is 2. The largest absolute Gasteiger partial charge is 0.444 e. The van der Waals surface area contributed by atoms with Gasteiger partial charge in [-0.15, -0.1) is 0 Å². The number of carbonyl (C=O) groups excluding carboxylic acids is 2. The third-order valence-corrected chi connectivity index (χ3v) is 4.57. The Morgan fingerprint density at radius 3 is 2.79 bits per heavy atom. The van der Waals surface area contributed by atoms with E-state index in [0.29, 0.717) is 24.6 Å². The van der Waals surface area contributed by atoms with Crippen LogP contribution in [0.4, 0.5) is 4.79 Å². The molecule has 0 spiro atoms. The first kappa shape index (κ1) is 21.9. The van der Waals surface area contributed by atoms with Gasteiger partial charge in [-0.1, -0.05) is 12.2 Å². The zero-order valence-corrected chi connectivity index (χ0v) is 17.5. The lowest BCUT2D eigenvalue weighted by atomic mass is 10.0. The van der Waals surface area contributed by atoms with E-state index in [0.717, 1.165) is 37.7 Å². The van der Waals surface area contributed by atoms with E-state index in [2.05, 4.69) is 21.9 Å². The quantitative estimate of drug-likeness (QED) is 0.569. The number of rotatable bonds is 7. The fraction of sp³-hybridized carbons (Fsp3) is 0.619. The topological polar surface area (TPSA) is 84.4 Å². The second kappa shape index (κ2) is 9.66. The van der Waals surface area contributed by atoms with Crippen LogP contribution in [0.1, 0.15) is 69.2 Å². The van der Waals surface area contributed by atoms with Crippen molar-refractivity contribution >= 4 is 12.0 Å². The van der Waals surface area contributed by atoms with Crippen molar-refractivity contribution in [2.75, 3.05) is 13.1 Å². The summed E-state index contributed by atoms with van der Waals surface area (Å²) in [6.45, 7) is 12.9. The molecule has 0 aliphatic carbocycles. The number of ether oxygens (including phenoxy) is 1. The van der Waals surface area contributed by atoms with Crippen LogP contribution >= 0.6 is 0 Å². The van der Waals surface area contributed by atoms with Crippen LogP contribution < -0.4 is 5.32 Å². The maximum Gasteiger partial charge on any atom is 0.410 e. The molecule has 1 aromatic rings. The molecule has 154 valence electrons. The van der Waals surface area contributed by atoms with Crippen LogP contribution in [0.15, 0.2) is 24.4 Å². The van der Waals surface area contributed by atoms with E-state index in [9.17, 15) is 9.59 Å². The smallest absolute Gasteiger partial charge is 0.410 e. The Hall–Kier alpha value is -2.44. The predicted molar refractivity (Wildman–Crippen MR) is 108 cm³/mol. The van der Waals surface area contributed by atoms with E-state index >= 15 is 0 Å². The lowest BCUT2D eigenvalue weighted by molar-refractivity contribution is 0.0247. The maximum absolute atomic E-state index is 12.4. The molecule has 0 unspecified atom stereocenters. The number of unbranched alkanes of at least 4 members (excludes halogenated alkanes) is 1. The number of hydrogen-bond donors (Lipinski definition) is 1. The van der Waals surface area contributed by atoms with Gasteiger partial charge in [0.05, 0.1) is 6.04 Å². The first-order valence-electron chi connectivity index (χ1n) is 9.92. The van der Waals surface area contributed by atoms with Crippen molar-refractivity contribution in [2.24, 2.45) is 0 Å². The molecule has 1 aliphatic rings. The molecular weight excluding hydrogens is 356 g/mol. The Labute approximate surface area is 167 Å². The average molecular weight is 389 g/mol. The van der Waals surface area contributed by atoms with Crippen LogP contribution in [-0.4, -0.2) is 51.6 Å². The van der Waals surface area contributed by atoms with Crippen LogP contribution in [0.5, 0.6) is 0 Å². The van der Waals surface area contributed by atoms with E-state index in [1.54, 1.807) is 24.1 Å². The van der Waals surface area contributed by atoms with Gasteiger partial charge in [0.15, 0.2) is 0 Å². The third kappa shape index (κ3) is 6.62. The minimum absolute atomic E-state index is 0.0495. The highest BCUT2D eigenvalue weighted by Crippen LogP contribution is 2.27. The molecule has 2 rings (SSSR count). The van der Waals surface area contributed by atoms with Crippen molar-refractivity contribution in [1.82, 2.24) is 20.2 Å². The molecule has 2 amide bonds. The van der Waals surface area contributed by atoms with Crippen LogP contribution in [0.3, 0.4) is 0 Å². The van der Waals surface area contributed by atoms with Gasteiger partial charge in [-0.05, 0) is 65.9 Å². The van der Waals surface area contributed by atoms with Gasteiger partial charge in [-0.2, -0.15) is 0 Å². The van der Waals surface area contributed by atoms with E-state index in [1.807, 2.05) is 20.8 Å². The molecule has 2 heterocycles. The van der Waals surface area contributed by atoms with Gasteiger partial charge < -0.3 is 15.0 Å². The number of nitrogens with one attached hydrogen (secondary N) is 1. The molecule has 1 atom stereocenters. The Balaban J connectivity index is 1.71. The SMILES string of the molecule is C=C(CCCCNC(=O)c1ccnc(C)n1)[C@@H]1CCCN1C(=O)OC(C)(C)C. The van der Waals surface area contributed by atoms with Crippen LogP contribution in [0.25, 0.3) is 0 Å². The van der Waals surface area contributed by atoms with Crippen LogP contribution in [0, 0.1) is 6.92 Å².